The third kappa shape index (κ3) is 1.55. The van der Waals surface area contributed by atoms with Crippen molar-refractivity contribution in [3.05, 3.63) is 23.8 Å². The number of hydrogen-bond acceptors (Lipinski definition) is 3. The molecule has 14 heavy (non-hydrogen) atoms. The molecule has 0 unspecified atom stereocenters. The first-order chi connectivity index (χ1) is 6.85. The number of ether oxygens (including phenoxy) is 2. The van der Waals surface area contributed by atoms with Gasteiger partial charge in [-0.05, 0) is 18.2 Å². The van der Waals surface area contributed by atoms with Gasteiger partial charge in [-0.2, -0.15) is 0 Å². The highest BCUT2D eigenvalue weighted by atomic mass is 16.5. The smallest absolute Gasteiger partial charge is 0.122 e. The Kier molecular flexibility index (Phi) is 2.59. The molecular weight excluding hydrogens is 178 g/mol. The van der Waals surface area contributed by atoms with Crippen molar-refractivity contribution in [3.8, 4) is 11.5 Å². The van der Waals surface area contributed by atoms with E-state index in [9.17, 15) is 0 Å². The molecule has 1 aromatic rings. The maximum absolute atomic E-state index is 5.32. The summed E-state index contributed by atoms with van der Waals surface area (Å²) in [5.41, 5.74) is 1.24. The highest BCUT2D eigenvalue weighted by Gasteiger charge is 2.22. The molecule has 1 aliphatic rings. The van der Waals surface area contributed by atoms with Crippen LogP contribution in [0.5, 0.6) is 11.5 Å². The number of rotatable bonds is 3. The summed E-state index contributed by atoms with van der Waals surface area (Å²) in [5.74, 6) is 2.42. The number of nitrogens with one attached hydrogen (secondary N) is 1. The summed E-state index contributed by atoms with van der Waals surface area (Å²) in [7, 11) is 3.39. The van der Waals surface area contributed by atoms with E-state index in [1.165, 1.54) is 5.56 Å². The summed E-state index contributed by atoms with van der Waals surface area (Å²) in [6.45, 7) is 2.06. The predicted octanol–water partition coefficient (Wildman–Crippen LogP) is 1.39. The van der Waals surface area contributed by atoms with Crippen LogP contribution in [0.3, 0.4) is 0 Å². The molecule has 76 valence electrons. The molecule has 0 aliphatic carbocycles. The minimum Gasteiger partial charge on any atom is -0.497 e. The summed E-state index contributed by atoms with van der Waals surface area (Å²) >= 11 is 0. The minimum absolute atomic E-state index is 0.569. The highest BCUT2D eigenvalue weighted by molar-refractivity contribution is 5.43. The van der Waals surface area contributed by atoms with E-state index in [0.717, 1.165) is 24.6 Å². The van der Waals surface area contributed by atoms with Gasteiger partial charge in [0.25, 0.3) is 0 Å². The highest BCUT2D eigenvalue weighted by Crippen LogP contribution is 2.32. The Labute approximate surface area is 84.0 Å². The van der Waals surface area contributed by atoms with E-state index in [2.05, 4.69) is 11.4 Å². The Morgan fingerprint density at radius 1 is 1.21 bits per heavy atom. The molecule has 0 saturated carbocycles. The van der Waals surface area contributed by atoms with Gasteiger partial charge in [-0.3, -0.25) is 0 Å². The first-order valence-corrected chi connectivity index (χ1v) is 4.78. The maximum Gasteiger partial charge on any atom is 0.122 e. The molecule has 3 nitrogen and oxygen atoms in total. The van der Waals surface area contributed by atoms with Crippen LogP contribution in [0.2, 0.25) is 0 Å². The van der Waals surface area contributed by atoms with Crippen LogP contribution < -0.4 is 14.8 Å². The summed E-state index contributed by atoms with van der Waals surface area (Å²) in [6.07, 6.45) is 0. The van der Waals surface area contributed by atoms with E-state index in [1.54, 1.807) is 14.2 Å². The molecule has 0 spiro atoms. The summed E-state index contributed by atoms with van der Waals surface area (Å²) < 4.78 is 10.5. The maximum atomic E-state index is 5.32. The van der Waals surface area contributed by atoms with Crippen molar-refractivity contribution in [2.24, 2.45) is 0 Å². The van der Waals surface area contributed by atoms with Crippen molar-refractivity contribution in [1.29, 1.82) is 0 Å². The van der Waals surface area contributed by atoms with Crippen LogP contribution in [0, 0.1) is 0 Å². The second-order valence-electron chi connectivity index (χ2n) is 3.46. The Morgan fingerprint density at radius 3 is 2.50 bits per heavy atom. The Bertz CT molecular complexity index is 321. The lowest BCUT2D eigenvalue weighted by Crippen LogP contribution is -2.40. The molecule has 0 atom stereocenters. The van der Waals surface area contributed by atoms with Crippen LogP contribution in [0.1, 0.15) is 11.5 Å². The Hall–Kier alpha value is -1.22. The Balaban J connectivity index is 2.31. The monoisotopic (exact) mass is 193 g/mol. The van der Waals surface area contributed by atoms with E-state index in [-0.39, 0.29) is 0 Å². The summed E-state index contributed by atoms with van der Waals surface area (Å²) in [6, 6.07) is 5.95. The number of methoxy groups -OCH3 is 2. The van der Waals surface area contributed by atoms with E-state index in [1.807, 2.05) is 12.1 Å². The van der Waals surface area contributed by atoms with Crippen molar-refractivity contribution in [3.63, 3.8) is 0 Å². The van der Waals surface area contributed by atoms with Crippen molar-refractivity contribution in [2.75, 3.05) is 27.3 Å². The van der Waals surface area contributed by atoms with Crippen LogP contribution >= 0.6 is 0 Å². The van der Waals surface area contributed by atoms with Gasteiger partial charge < -0.3 is 14.8 Å². The fourth-order valence-corrected chi connectivity index (χ4v) is 1.67. The second kappa shape index (κ2) is 3.88. The van der Waals surface area contributed by atoms with Gasteiger partial charge in [0.05, 0.1) is 14.2 Å². The van der Waals surface area contributed by atoms with Gasteiger partial charge in [0.1, 0.15) is 11.5 Å². The molecule has 1 saturated heterocycles. The molecule has 0 amide bonds. The molecule has 0 bridgehead atoms. The van der Waals surface area contributed by atoms with Crippen LogP contribution in [0.15, 0.2) is 18.2 Å². The van der Waals surface area contributed by atoms with Crippen LogP contribution in [-0.2, 0) is 0 Å². The lowest BCUT2D eigenvalue weighted by Gasteiger charge is -2.29. The van der Waals surface area contributed by atoms with Crippen LogP contribution in [-0.4, -0.2) is 27.3 Å². The molecule has 1 heterocycles. The quantitative estimate of drug-likeness (QED) is 0.787. The zero-order valence-corrected chi connectivity index (χ0v) is 8.54. The molecular formula is C11H15NO2. The normalized spacial score (nSPS) is 16.1. The van der Waals surface area contributed by atoms with E-state index in [4.69, 9.17) is 9.47 Å². The lowest BCUT2D eigenvalue weighted by molar-refractivity contribution is 0.378. The molecule has 1 N–H and O–H groups in total. The molecule has 2 rings (SSSR count). The lowest BCUT2D eigenvalue weighted by atomic mass is 9.93. The number of hydrogen-bond donors (Lipinski definition) is 1. The van der Waals surface area contributed by atoms with Crippen molar-refractivity contribution < 1.29 is 9.47 Å². The molecule has 0 radical (unpaired) electrons. The molecule has 0 aromatic heterocycles. The molecule has 1 aromatic carbocycles. The van der Waals surface area contributed by atoms with Gasteiger partial charge in [-0.25, -0.2) is 0 Å². The zero-order valence-electron chi connectivity index (χ0n) is 8.54. The molecule has 1 fully saturated rings. The van der Waals surface area contributed by atoms with Crippen LogP contribution in [0.25, 0.3) is 0 Å². The average molecular weight is 193 g/mol. The first kappa shape index (κ1) is 9.34. The summed E-state index contributed by atoms with van der Waals surface area (Å²) in [4.78, 5) is 0. The van der Waals surface area contributed by atoms with Crippen molar-refractivity contribution >= 4 is 0 Å². The SMILES string of the molecule is COc1ccc(OC)c(C2CNC2)c1. The van der Waals surface area contributed by atoms with Gasteiger partial charge in [0, 0.05) is 24.6 Å². The predicted molar refractivity (Wildman–Crippen MR) is 55.2 cm³/mol. The standard InChI is InChI=1S/C11H15NO2/c1-13-9-3-4-11(14-2)10(5-9)8-6-12-7-8/h3-5,8,12H,6-7H2,1-2H3. The van der Waals surface area contributed by atoms with E-state index >= 15 is 0 Å². The van der Waals surface area contributed by atoms with Crippen molar-refractivity contribution in [1.82, 2.24) is 5.32 Å². The van der Waals surface area contributed by atoms with Gasteiger partial charge in [-0.15, -0.1) is 0 Å². The van der Waals surface area contributed by atoms with Gasteiger partial charge in [0.2, 0.25) is 0 Å². The molecule has 3 heteroatoms. The average Bonchev–Trinajstić information content (AvgIpc) is 2.15. The van der Waals surface area contributed by atoms with Gasteiger partial charge in [-0.1, -0.05) is 0 Å². The van der Waals surface area contributed by atoms with E-state index in [0.29, 0.717) is 5.92 Å². The third-order valence-corrected chi connectivity index (χ3v) is 2.66. The Morgan fingerprint density at radius 2 is 2.00 bits per heavy atom. The van der Waals surface area contributed by atoms with Crippen LogP contribution in [0.4, 0.5) is 0 Å². The fourth-order valence-electron chi connectivity index (χ4n) is 1.67. The van der Waals surface area contributed by atoms with Gasteiger partial charge in [0.15, 0.2) is 0 Å². The minimum atomic E-state index is 0.569. The summed E-state index contributed by atoms with van der Waals surface area (Å²) in [5, 5.41) is 3.25. The fraction of sp³-hybridized carbons (Fsp3) is 0.455. The van der Waals surface area contributed by atoms with Crippen molar-refractivity contribution in [2.45, 2.75) is 5.92 Å². The number of benzene rings is 1. The first-order valence-electron chi connectivity index (χ1n) is 4.78. The molecule has 1 aliphatic heterocycles. The topological polar surface area (TPSA) is 30.5 Å². The third-order valence-electron chi connectivity index (χ3n) is 2.66. The largest absolute Gasteiger partial charge is 0.497 e. The van der Waals surface area contributed by atoms with Gasteiger partial charge >= 0.3 is 0 Å². The second-order valence-corrected chi connectivity index (χ2v) is 3.46. The van der Waals surface area contributed by atoms with E-state index < -0.39 is 0 Å². The zero-order chi connectivity index (χ0) is 9.97.